The highest BCUT2D eigenvalue weighted by Gasteiger charge is 2.45. The molecule has 1 atom stereocenters. The molecular formula is C19H20N2O3S2. The average molecular weight is 389 g/mol. The third-order valence-corrected chi connectivity index (χ3v) is 7.00. The first-order valence-electron chi connectivity index (χ1n) is 8.48. The lowest BCUT2D eigenvalue weighted by Crippen LogP contribution is -2.37. The number of rotatable bonds is 6. The van der Waals surface area contributed by atoms with Crippen LogP contribution in [0, 0.1) is 0 Å². The molecule has 0 aliphatic carbocycles. The van der Waals surface area contributed by atoms with Crippen LogP contribution in [0.4, 0.5) is 5.69 Å². The first kappa shape index (κ1) is 18.7. The monoisotopic (exact) mass is 388 g/mol. The summed E-state index contributed by atoms with van der Waals surface area (Å²) in [5, 5.41) is -0.206. The Labute approximate surface area is 158 Å². The summed E-state index contributed by atoms with van der Waals surface area (Å²) in [6.07, 6.45) is 2.44. The van der Waals surface area contributed by atoms with Gasteiger partial charge in [-0.15, -0.1) is 0 Å². The van der Waals surface area contributed by atoms with E-state index in [1.165, 1.54) is 23.9 Å². The molecule has 0 bridgehead atoms. The molecule has 1 amide bonds. The summed E-state index contributed by atoms with van der Waals surface area (Å²) in [5.41, 5.74) is 0.618. The van der Waals surface area contributed by atoms with Crippen molar-refractivity contribution in [2.75, 3.05) is 0 Å². The molecule has 26 heavy (non-hydrogen) atoms. The van der Waals surface area contributed by atoms with E-state index in [1.807, 2.05) is 25.1 Å². The number of benzene rings is 2. The molecule has 1 heterocycles. The Morgan fingerprint density at radius 1 is 1.04 bits per heavy atom. The lowest BCUT2D eigenvalue weighted by atomic mass is 10.2. The standard InChI is InChI=1S/C19H20N2O3S2/c1-2-3-14-17-18(22)21(26(23,24)16-12-8-5-9-13-16)19(25-17)20-15-10-6-4-7-11-15/h4-13,17H,2-3,14H2,1H3/t17-/m1/s1. The van der Waals surface area contributed by atoms with Gasteiger partial charge in [0.2, 0.25) is 0 Å². The average Bonchev–Trinajstić information content (AvgIpc) is 2.97. The van der Waals surface area contributed by atoms with Gasteiger partial charge in [0.1, 0.15) is 0 Å². The summed E-state index contributed by atoms with van der Waals surface area (Å²) in [5.74, 6) is -0.415. The predicted octanol–water partition coefficient (Wildman–Crippen LogP) is 4.20. The Bertz CT molecular complexity index is 897. The molecule has 0 spiro atoms. The first-order valence-corrected chi connectivity index (χ1v) is 10.8. The van der Waals surface area contributed by atoms with E-state index in [9.17, 15) is 13.2 Å². The number of carbonyl (C=O) groups is 1. The summed E-state index contributed by atoms with van der Waals surface area (Å²) in [7, 11) is -3.98. The quantitative estimate of drug-likeness (QED) is 0.744. The van der Waals surface area contributed by atoms with Crippen LogP contribution in [0.5, 0.6) is 0 Å². The second-order valence-corrected chi connectivity index (χ2v) is 8.86. The van der Waals surface area contributed by atoms with Crippen molar-refractivity contribution in [2.45, 2.75) is 36.3 Å². The number of thioether (sulfide) groups is 1. The fourth-order valence-electron chi connectivity index (χ4n) is 2.63. The second-order valence-electron chi connectivity index (χ2n) is 5.90. The van der Waals surface area contributed by atoms with Crippen molar-refractivity contribution in [2.24, 2.45) is 4.99 Å². The number of amides is 1. The van der Waals surface area contributed by atoms with Gasteiger partial charge in [0, 0.05) is 0 Å². The summed E-state index contributed by atoms with van der Waals surface area (Å²) < 4.78 is 27.0. The number of hydrogen-bond donors (Lipinski definition) is 0. The van der Waals surface area contributed by atoms with E-state index in [2.05, 4.69) is 4.99 Å². The molecule has 136 valence electrons. The maximum Gasteiger partial charge on any atom is 0.272 e. The number of para-hydroxylation sites is 1. The van der Waals surface area contributed by atoms with Crippen LogP contribution in [-0.4, -0.2) is 29.0 Å². The summed E-state index contributed by atoms with van der Waals surface area (Å²) in [6.45, 7) is 2.04. The molecule has 2 aromatic rings. The number of carbonyl (C=O) groups excluding carboxylic acids is 1. The Morgan fingerprint density at radius 3 is 2.27 bits per heavy atom. The van der Waals surface area contributed by atoms with Crippen molar-refractivity contribution in [1.82, 2.24) is 4.31 Å². The van der Waals surface area contributed by atoms with Crippen LogP contribution < -0.4 is 0 Å². The topological polar surface area (TPSA) is 66.8 Å². The first-order chi connectivity index (χ1) is 12.5. The number of sulfonamides is 1. The minimum absolute atomic E-state index is 0.0888. The zero-order valence-corrected chi connectivity index (χ0v) is 16.0. The number of unbranched alkanes of at least 4 members (excludes halogenated alkanes) is 1. The Balaban J connectivity index is 2.03. The van der Waals surface area contributed by atoms with Gasteiger partial charge in [-0.05, 0) is 30.7 Å². The van der Waals surface area contributed by atoms with Crippen LogP contribution in [0.1, 0.15) is 26.2 Å². The minimum Gasteiger partial charge on any atom is -0.272 e. The molecule has 0 saturated carbocycles. The highest BCUT2D eigenvalue weighted by molar-refractivity contribution is 8.17. The Kier molecular flexibility index (Phi) is 5.78. The molecule has 0 N–H and O–H groups in total. The molecule has 1 fully saturated rings. The molecule has 7 heteroatoms. The second kappa shape index (κ2) is 8.05. The van der Waals surface area contributed by atoms with Gasteiger partial charge < -0.3 is 0 Å². The number of nitrogens with zero attached hydrogens (tertiary/aromatic N) is 2. The fraction of sp³-hybridized carbons (Fsp3) is 0.263. The molecule has 0 unspecified atom stereocenters. The maximum absolute atomic E-state index is 13.1. The van der Waals surface area contributed by atoms with Gasteiger partial charge in [-0.2, -0.15) is 4.31 Å². The van der Waals surface area contributed by atoms with Crippen molar-refractivity contribution < 1.29 is 13.2 Å². The van der Waals surface area contributed by atoms with Crippen molar-refractivity contribution in [3.05, 3.63) is 60.7 Å². The van der Waals surface area contributed by atoms with Crippen molar-refractivity contribution >= 4 is 38.5 Å². The van der Waals surface area contributed by atoms with Crippen molar-refractivity contribution in [1.29, 1.82) is 0 Å². The van der Waals surface area contributed by atoms with Crippen molar-refractivity contribution in [3.8, 4) is 0 Å². The van der Waals surface area contributed by atoms with Gasteiger partial charge in [-0.3, -0.25) is 4.79 Å². The van der Waals surface area contributed by atoms with Crippen LogP contribution in [0.2, 0.25) is 0 Å². The van der Waals surface area contributed by atoms with E-state index in [0.29, 0.717) is 12.1 Å². The molecule has 1 aliphatic rings. The van der Waals surface area contributed by atoms with Gasteiger partial charge in [0.05, 0.1) is 15.8 Å². The fourth-order valence-corrected chi connectivity index (χ4v) is 5.53. The lowest BCUT2D eigenvalue weighted by Gasteiger charge is -2.16. The van der Waals surface area contributed by atoms with Crippen LogP contribution in [-0.2, 0) is 14.8 Å². The predicted molar refractivity (Wildman–Crippen MR) is 105 cm³/mol. The lowest BCUT2D eigenvalue weighted by molar-refractivity contribution is -0.123. The molecule has 0 radical (unpaired) electrons. The van der Waals surface area contributed by atoms with Crippen molar-refractivity contribution in [3.63, 3.8) is 0 Å². The van der Waals surface area contributed by atoms with Gasteiger partial charge in [-0.1, -0.05) is 67.9 Å². The number of amidine groups is 1. The van der Waals surface area contributed by atoms with E-state index >= 15 is 0 Å². The molecule has 5 nitrogen and oxygen atoms in total. The van der Waals surface area contributed by atoms with E-state index < -0.39 is 21.2 Å². The normalized spacial score (nSPS) is 19.3. The van der Waals surface area contributed by atoms with E-state index in [1.54, 1.807) is 30.3 Å². The van der Waals surface area contributed by atoms with E-state index in [4.69, 9.17) is 0 Å². The van der Waals surface area contributed by atoms with Gasteiger partial charge in [0.15, 0.2) is 5.17 Å². The van der Waals surface area contributed by atoms with Crippen LogP contribution in [0.3, 0.4) is 0 Å². The maximum atomic E-state index is 13.1. The van der Waals surface area contributed by atoms with E-state index in [-0.39, 0.29) is 10.1 Å². The zero-order chi connectivity index (χ0) is 18.6. The third-order valence-electron chi connectivity index (χ3n) is 3.98. The molecular weight excluding hydrogens is 368 g/mol. The van der Waals surface area contributed by atoms with Crippen LogP contribution in [0.25, 0.3) is 0 Å². The zero-order valence-electron chi connectivity index (χ0n) is 14.4. The highest BCUT2D eigenvalue weighted by atomic mass is 32.2. The summed E-state index contributed by atoms with van der Waals surface area (Å²) in [6, 6.07) is 17.1. The van der Waals surface area contributed by atoms with Gasteiger partial charge in [0.25, 0.3) is 15.9 Å². The SMILES string of the molecule is CCCC[C@H]1SC(=Nc2ccccc2)N(S(=O)(=O)c2ccccc2)C1=O. The smallest absolute Gasteiger partial charge is 0.272 e. The minimum atomic E-state index is -3.98. The largest absolute Gasteiger partial charge is 0.272 e. The Hall–Kier alpha value is -2.12. The molecule has 2 aromatic carbocycles. The molecule has 0 aromatic heterocycles. The van der Waals surface area contributed by atoms with Crippen LogP contribution in [0.15, 0.2) is 70.6 Å². The van der Waals surface area contributed by atoms with Crippen LogP contribution >= 0.6 is 11.8 Å². The number of hydrogen-bond acceptors (Lipinski definition) is 5. The van der Waals surface area contributed by atoms with E-state index in [0.717, 1.165) is 17.1 Å². The molecule has 3 rings (SSSR count). The highest BCUT2D eigenvalue weighted by Crippen LogP contribution is 2.36. The third kappa shape index (κ3) is 3.83. The number of aliphatic imine (C=N–C) groups is 1. The molecule has 1 aliphatic heterocycles. The Morgan fingerprint density at radius 2 is 1.65 bits per heavy atom. The summed E-state index contributed by atoms with van der Waals surface area (Å²) in [4.78, 5) is 17.4. The molecule has 1 saturated heterocycles. The van der Waals surface area contributed by atoms with Gasteiger partial charge in [-0.25, -0.2) is 13.4 Å². The van der Waals surface area contributed by atoms with Gasteiger partial charge >= 0.3 is 0 Å². The summed E-state index contributed by atoms with van der Waals surface area (Å²) >= 11 is 1.23.